The van der Waals surface area contributed by atoms with Crippen molar-refractivity contribution >= 4 is 49.8 Å². The van der Waals surface area contributed by atoms with E-state index < -0.39 is 15.9 Å². The zero-order valence-corrected chi connectivity index (χ0v) is 18.3. The van der Waals surface area contributed by atoms with Crippen LogP contribution in [0.4, 0.5) is 11.4 Å². The zero-order chi connectivity index (χ0) is 22.9. The zero-order valence-electron chi connectivity index (χ0n) is 16.7. The third kappa shape index (κ3) is 4.34. The van der Waals surface area contributed by atoms with Crippen molar-refractivity contribution < 1.29 is 23.1 Å². The summed E-state index contributed by atoms with van der Waals surface area (Å²) in [5.74, 6) is -0.490. The monoisotopic (exact) mass is 471 g/mol. The Bertz CT molecular complexity index is 1430. The number of carbonyl (C=O) groups excluding carboxylic acids is 1. The van der Waals surface area contributed by atoms with Gasteiger partial charge in [0.05, 0.1) is 23.4 Å². The van der Waals surface area contributed by atoms with Crippen LogP contribution in [0.1, 0.15) is 10.5 Å². The first-order valence-corrected chi connectivity index (χ1v) is 11.2. The second-order valence-electron chi connectivity index (χ2n) is 6.85. The minimum atomic E-state index is -4.03. The molecule has 4 rings (SSSR count). The van der Waals surface area contributed by atoms with Crippen molar-refractivity contribution in [3.05, 3.63) is 77.4 Å². The van der Waals surface area contributed by atoms with Crippen LogP contribution in [0.2, 0.25) is 5.02 Å². The van der Waals surface area contributed by atoms with Gasteiger partial charge in [0.15, 0.2) is 0 Å². The standard InChI is InChI=1S/C22H18ClN3O5S/c1-31-21-5-3-2-4-17(21)26-32(29,30)15-7-9-20(27)18(12-15)25-22(28)19-11-13-10-14(23)6-8-16(13)24-19/h2-12,24,26-27H,1H3,(H,25,28). The van der Waals surface area contributed by atoms with Crippen molar-refractivity contribution in [1.29, 1.82) is 0 Å². The number of H-pyrrole nitrogens is 1. The number of hydrogen-bond donors (Lipinski definition) is 4. The van der Waals surface area contributed by atoms with Crippen LogP contribution < -0.4 is 14.8 Å². The molecule has 3 aromatic carbocycles. The summed E-state index contributed by atoms with van der Waals surface area (Å²) in [5, 5.41) is 14.0. The molecule has 1 heterocycles. The topological polar surface area (TPSA) is 121 Å². The van der Waals surface area contributed by atoms with Crippen LogP contribution in [-0.2, 0) is 10.0 Å². The van der Waals surface area contributed by atoms with E-state index in [0.29, 0.717) is 16.3 Å². The largest absolute Gasteiger partial charge is 0.506 e. The number of rotatable bonds is 6. The van der Waals surface area contributed by atoms with Crippen LogP contribution in [0.25, 0.3) is 10.9 Å². The van der Waals surface area contributed by atoms with Crippen LogP contribution in [0.15, 0.2) is 71.6 Å². The van der Waals surface area contributed by atoms with Crippen molar-refractivity contribution in [3.63, 3.8) is 0 Å². The highest BCUT2D eigenvalue weighted by molar-refractivity contribution is 7.92. The van der Waals surface area contributed by atoms with Gasteiger partial charge in [-0.3, -0.25) is 9.52 Å². The molecule has 32 heavy (non-hydrogen) atoms. The number of phenols is 1. The Balaban J connectivity index is 1.61. The minimum Gasteiger partial charge on any atom is -0.506 e. The number of methoxy groups -OCH3 is 1. The Morgan fingerprint density at radius 2 is 1.81 bits per heavy atom. The highest BCUT2D eigenvalue weighted by Gasteiger charge is 2.20. The highest BCUT2D eigenvalue weighted by Crippen LogP contribution is 2.30. The number of aromatic nitrogens is 1. The van der Waals surface area contributed by atoms with Gasteiger partial charge >= 0.3 is 0 Å². The summed E-state index contributed by atoms with van der Waals surface area (Å²) in [6.07, 6.45) is 0. The number of aromatic hydroxyl groups is 1. The predicted molar refractivity (Wildman–Crippen MR) is 123 cm³/mol. The lowest BCUT2D eigenvalue weighted by Crippen LogP contribution is -2.15. The van der Waals surface area contributed by atoms with Gasteiger partial charge in [0.2, 0.25) is 0 Å². The van der Waals surface area contributed by atoms with Crippen molar-refractivity contribution in [2.75, 3.05) is 17.1 Å². The molecule has 0 spiro atoms. The van der Waals surface area contributed by atoms with Gasteiger partial charge in [-0.05, 0) is 54.6 Å². The molecule has 0 unspecified atom stereocenters. The molecule has 1 aromatic heterocycles. The number of ether oxygens (including phenoxy) is 1. The molecule has 0 radical (unpaired) electrons. The molecule has 4 aromatic rings. The molecule has 0 aliphatic carbocycles. The quantitative estimate of drug-likeness (QED) is 0.306. The number of halogens is 1. The smallest absolute Gasteiger partial charge is 0.272 e. The van der Waals surface area contributed by atoms with E-state index in [-0.39, 0.29) is 27.7 Å². The number of nitrogens with one attached hydrogen (secondary N) is 3. The number of sulfonamides is 1. The molecule has 0 aliphatic rings. The molecule has 0 bridgehead atoms. The van der Waals surface area contributed by atoms with Crippen molar-refractivity contribution in [2.24, 2.45) is 0 Å². The molecule has 10 heteroatoms. The SMILES string of the molecule is COc1ccccc1NS(=O)(=O)c1ccc(O)c(NC(=O)c2cc3cc(Cl)ccc3[nH]2)c1. The average Bonchev–Trinajstić information content (AvgIpc) is 3.18. The number of carbonyl (C=O) groups is 1. The maximum absolute atomic E-state index is 12.9. The normalized spacial score (nSPS) is 11.3. The fraction of sp³-hybridized carbons (Fsp3) is 0.0455. The molecule has 8 nitrogen and oxygen atoms in total. The third-order valence-electron chi connectivity index (χ3n) is 4.71. The summed E-state index contributed by atoms with van der Waals surface area (Å²) >= 11 is 5.98. The number of amides is 1. The summed E-state index contributed by atoms with van der Waals surface area (Å²) in [6.45, 7) is 0. The molecular weight excluding hydrogens is 454 g/mol. The summed E-state index contributed by atoms with van der Waals surface area (Å²) in [4.78, 5) is 15.5. The molecule has 0 aliphatic heterocycles. The fourth-order valence-corrected chi connectivity index (χ4v) is 4.41. The van der Waals surface area contributed by atoms with Gasteiger partial charge in [0, 0.05) is 15.9 Å². The summed E-state index contributed by atoms with van der Waals surface area (Å²) in [5.41, 5.74) is 1.13. The Labute approximate surface area is 188 Å². The molecule has 4 N–H and O–H groups in total. The lowest BCUT2D eigenvalue weighted by Gasteiger charge is -2.13. The maximum Gasteiger partial charge on any atom is 0.272 e. The van der Waals surface area contributed by atoms with Crippen LogP contribution in [0, 0.1) is 0 Å². The predicted octanol–water partition coefficient (Wildman–Crippen LogP) is 4.59. The number of fused-ring (bicyclic) bond motifs is 1. The van der Waals surface area contributed by atoms with Gasteiger partial charge in [-0.1, -0.05) is 23.7 Å². The van der Waals surface area contributed by atoms with Crippen LogP contribution in [0.3, 0.4) is 0 Å². The lowest BCUT2D eigenvalue weighted by atomic mass is 10.2. The first kappa shape index (κ1) is 21.5. The first-order chi connectivity index (χ1) is 15.3. The van der Waals surface area contributed by atoms with E-state index in [1.807, 2.05) is 0 Å². The lowest BCUT2D eigenvalue weighted by molar-refractivity contribution is 0.102. The van der Waals surface area contributed by atoms with Crippen molar-refractivity contribution in [2.45, 2.75) is 4.90 Å². The van der Waals surface area contributed by atoms with Crippen LogP contribution in [0.5, 0.6) is 11.5 Å². The molecule has 0 fully saturated rings. The van der Waals surface area contributed by atoms with E-state index in [4.69, 9.17) is 16.3 Å². The van der Waals surface area contributed by atoms with E-state index in [1.165, 1.54) is 25.3 Å². The van der Waals surface area contributed by atoms with E-state index in [2.05, 4.69) is 15.0 Å². The van der Waals surface area contributed by atoms with Gasteiger partial charge in [-0.15, -0.1) is 0 Å². The Morgan fingerprint density at radius 1 is 1.03 bits per heavy atom. The molecule has 0 atom stereocenters. The molecule has 0 saturated carbocycles. The second-order valence-corrected chi connectivity index (χ2v) is 8.97. The van der Waals surface area contributed by atoms with Crippen molar-refractivity contribution in [3.8, 4) is 11.5 Å². The number of benzene rings is 3. The van der Waals surface area contributed by atoms with Crippen molar-refractivity contribution in [1.82, 2.24) is 4.98 Å². The average molecular weight is 472 g/mol. The molecule has 1 amide bonds. The number of para-hydroxylation sites is 2. The minimum absolute atomic E-state index is 0.0606. The van der Waals surface area contributed by atoms with E-state index in [0.717, 1.165) is 5.39 Å². The third-order valence-corrected chi connectivity index (χ3v) is 6.30. The Hall–Kier alpha value is -3.69. The molecular formula is C22H18ClN3O5S. The van der Waals surface area contributed by atoms with Gasteiger partial charge in [0.25, 0.3) is 15.9 Å². The van der Waals surface area contributed by atoms with E-state index in [9.17, 15) is 18.3 Å². The van der Waals surface area contributed by atoms with Gasteiger partial charge in [-0.2, -0.15) is 0 Å². The number of phenolic OH excluding ortho intramolecular Hbond substituents is 1. The van der Waals surface area contributed by atoms with Crippen LogP contribution >= 0.6 is 11.6 Å². The summed E-state index contributed by atoms with van der Waals surface area (Å²) in [7, 11) is -2.60. The number of anilines is 2. The Morgan fingerprint density at radius 3 is 2.59 bits per heavy atom. The van der Waals surface area contributed by atoms with Crippen LogP contribution in [-0.4, -0.2) is 31.5 Å². The Kier molecular flexibility index (Phi) is 5.68. The van der Waals surface area contributed by atoms with E-state index in [1.54, 1.807) is 48.5 Å². The molecule has 0 saturated heterocycles. The van der Waals surface area contributed by atoms with E-state index >= 15 is 0 Å². The van der Waals surface area contributed by atoms with Gasteiger partial charge in [0.1, 0.15) is 17.2 Å². The second kappa shape index (κ2) is 8.45. The maximum atomic E-state index is 12.9. The fourth-order valence-electron chi connectivity index (χ4n) is 3.13. The van der Waals surface area contributed by atoms with Gasteiger partial charge in [-0.25, -0.2) is 8.42 Å². The highest BCUT2D eigenvalue weighted by atomic mass is 35.5. The summed E-state index contributed by atoms with van der Waals surface area (Å²) in [6, 6.07) is 16.9. The number of aromatic amines is 1. The van der Waals surface area contributed by atoms with Gasteiger partial charge < -0.3 is 20.1 Å². The molecule has 164 valence electrons. The summed E-state index contributed by atoms with van der Waals surface area (Å²) < 4.78 is 33.3. The first-order valence-electron chi connectivity index (χ1n) is 9.35. The number of hydrogen-bond acceptors (Lipinski definition) is 5.